The summed E-state index contributed by atoms with van der Waals surface area (Å²) in [5.74, 6) is -0.507. The number of anilines is 1. The summed E-state index contributed by atoms with van der Waals surface area (Å²) >= 11 is 0. The summed E-state index contributed by atoms with van der Waals surface area (Å²) in [4.78, 5) is 31.9. The molecular formula is C18H18N4O3. The van der Waals surface area contributed by atoms with E-state index >= 15 is 0 Å². The minimum absolute atomic E-state index is 0.150. The average Bonchev–Trinajstić information content (AvgIpc) is 2.60. The molecule has 2 bridgehead atoms. The Balaban J connectivity index is 2.12. The van der Waals surface area contributed by atoms with E-state index in [0.717, 1.165) is 11.1 Å². The second-order valence-electron chi connectivity index (χ2n) is 5.83. The molecule has 7 nitrogen and oxygen atoms in total. The van der Waals surface area contributed by atoms with E-state index in [4.69, 9.17) is 5.11 Å². The van der Waals surface area contributed by atoms with Crippen LogP contribution in [-0.2, 0) is 4.79 Å². The highest BCUT2D eigenvalue weighted by atomic mass is 16.4. The van der Waals surface area contributed by atoms with Crippen molar-refractivity contribution in [3.8, 4) is 11.1 Å². The molecule has 0 saturated heterocycles. The van der Waals surface area contributed by atoms with Crippen LogP contribution in [0, 0.1) is 5.92 Å². The number of fused-ring (bicyclic) bond motifs is 4. The number of hydrogen-bond donors (Lipinski definition) is 3. The zero-order chi connectivity index (χ0) is 17.8. The van der Waals surface area contributed by atoms with Crippen LogP contribution in [0.5, 0.6) is 0 Å². The molecule has 0 saturated carbocycles. The van der Waals surface area contributed by atoms with Crippen molar-refractivity contribution in [2.24, 2.45) is 5.92 Å². The first kappa shape index (κ1) is 16.6. The minimum Gasteiger partial charge on any atom is -0.465 e. The largest absolute Gasteiger partial charge is 0.465 e. The van der Waals surface area contributed by atoms with Crippen LogP contribution >= 0.6 is 0 Å². The van der Waals surface area contributed by atoms with Gasteiger partial charge in [-0.05, 0) is 30.2 Å². The summed E-state index contributed by atoms with van der Waals surface area (Å²) in [5.41, 5.74) is 2.86. The SMILES string of the molecule is C[C@@H]1C=CC[C@H](NC(=O)O)c2cc(ccn2)-c2ccncc2NC1=O. The predicted molar refractivity (Wildman–Crippen MR) is 92.9 cm³/mol. The lowest BCUT2D eigenvalue weighted by Gasteiger charge is -2.18. The molecule has 0 aliphatic carbocycles. The number of nitrogens with one attached hydrogen (secondary N) is 2. The number of amides is 2. The van der Waals surface area contributed by atoms with Gasteiger partial charge in [-0.2, -0.15) is 0 Å². The number of aromatic nitrogens is 2. The first-order valence-electron chi connectivity index (χ1n) is 7.92. The van der Waals surface area contributed by atoms with Crippen molar-refractivity contribution in [3.05, 3.63) is 54.6 Å². The molecular weight excluding hydrogens is 320 g/mol. The zero-order valence-corrected chi connectivity index (χ0v) is 13.6. The number of rotatable bonds is 1. The van der Waals surface area contributed by atoms with E-state index < -0.39 is 12.1 Å². The maximum atomic E-state index is 12.4. The van der Waals surface area contributed by atoms with Gasteiger partial charge in [0.25, 0.3) is 0 Å². The summed E-state index contributed by atoms with van der Waals surface area (Å²) in [6, 6.07) is 4.95. The van der Waals surface area contributed by atoms with Crippen LogP contribution in [0.15, 0.2) is 48.9 Å². The molecule has 2 atom stereocenters. The Bertz CT molecular complexity index is 835. The lowest BCUT2D eigenvalue weighted by molar-refractivity contribution is -0.118. The summed E-state index contributed by atoms with van der Waals surface area (Å²) < 4.78 is 0. The predicted octanol–water partition coefficient (Wildman–Crippen LogP) is 2.99. The van der Waals surface area contributed by atoms with Crippen molar-refractivity contribution in [1.29, 1.82) is 0 Å². The highest BCUT2D eigenvalue weighted by Gasteiger charge is 2.18. The number of pyridine rings is 2. The number of carboxylic acid groups (broad SMARTS) is 1. The Labute approximate surface area is 144 Å². The van der Waals surface area contributed by atoms with Gasteiger partial charge in [0.2, 0.25) is 5.91 Å². The number of nitrogens with zero attached hydrogens (tertiary/aromatic N) is 2. The molecule has 0 unspecified atom stereocenters. The Hall–Kier alpha value is -3.22. The molecule has 0 aromatic carbocycles. The van der Waals surface area contributed by atoms with E-state index in [-0.39, 0.29) is 11.8 Å². The molecule has 3 N–H and O–H groups in total. The molecule has 2 aromatic rings. The highest BCUT2D eigenvalue weighted by Crippen LogP contribution is 2.30. The van der Waals surface area contributed by atoms with Crippen molar-refractivity contribution in [2.45, 2.75) is 19.4 Å². The van der Waals surface area contributed by atoms with E-state index in [1.54, 1.807) is 43.7 Å². The van der Waals surface area contributed by atoms with Gasteiger partial charge in [0.1, 0.15) is 0 Å². The van der Waals surface area contributed by atoms with Crippen molar-refractivity contribution in [1.82, 2.24) is 15.3 Å². The molecule has 3 rings (SSSR count). The Morgan fingerprint density at radius 2 is 2.20 bits per heavy atom. The Kier molecular flexibility index (Phi) is 4.74. The quantitative estimate of drug-likeness (QED) is 0.693. The average molecular weight is 338 g/mol. The van der Waals surface area contributed by atoms with E-state index in [0.29, 0.717) is 17.8 Å². The van der Waals surface area contributed by atoms with Gasteiger partial charge in [-0.15, -0.1) is 0 Å². The van der Waals surface area contributed by atoms with Crippen molar-refractivity contribution >= 4 is 17.7 Å². The van der Waals surface area contributed by atoms with Crippen molar-refractivity contribution in [2.75, 3.05) is 5.32 Å². The van der Waals surface area contributed by atoms with Gasteiger partial charge in [0.05, 0.1) is 29.5 Å². The monoisotopic (exact) mass is 338 g/mol. The van der Waals surface area contributed by atoms with Crippen molar-refractivity contribution in [3.63, 3.8) is 0 Å². The van der Waals surface area contributed by atoms with Gasteiger partial charge >= 0.3 is 6.09 Å². The van der Waals surface area contributed by atoms with E-state index in [1.807, 2.05) is 12.1 Å². The molecule has 1 aliphatic rings. The molecule has 128 valence electrons. The lowest BCUT2D eigenvalue weighted by atomic mass is 10.00. The molecule has 7 heteroatoms. The van der Waals surface area contributed by atoms with Crippen LogP contribution < -0.4 is 10.6 Å². The van der Waals surface area contributed by atoms with Gasteiger partial charge < -0.3 is 15.7 Å². The molecule has 0 spiro atoms. The number of carbonyl (C=O) groups excluding carboxylic acids is 1. The molecule has 2 amide bonds. The lowest BCUT2D eigenvalue weighted by Crippen LogP contribution is -2.27. The molecule has 3 heterocycles. The van der Waals surface area contributed by atoms with Gasteiger partial charge in [-0.1, -0.05) is 19.1 Å². The molecule has 25 heavy (non-hydrogen) atoms. The number of hydrogen-bond acceptors (Lipinski definition) is 4. The fourth-order valence-electron chi connectivity index (χ4n) is 2.71. The van der Waals surface area contributed by atoms with Gasteiger partial charge in [0, 0.05) is 18.0 Å². The van der Waals surface area contributed by atoms with Crippen LogP contribution in [0.2, 0.25) is 0 Å². The third-order valence-electron chi connectivity index (χ3n) is 4.04. The maximum Gasteiger partial charge on any atom is 0.405 e. The van der Waals surface area contributed by atoms with Gasteiger partial charge in [0.15, 0.2) is 0 Å². The first-order valence-corrected chi connectivity index (χ1v) is 7.92. The Morgan fingerprint density at radius 1 is 1.36 bits per heavy atom. The van der Waals surface area contributed by atoms with Crippen LogP contribution in [0.25, 0.3) is 11.1 Å². The molecule has 2 aromatic heterocycles. The van der Waals surface area contributed by atoms with E-state index in [1.165, 1.54) is 0 Å². The summed E-state index contributed by atoms with van der Waals surface area (Å²) in [5, 5.41) is 14.5. The summed E-state index contributed by atoms with van der Waals surface area (Å²) in [6.07, 6.45) is 7.72. The van der Waals surface area contributed by atoms with Crippen molar-refractivity contribution < 1.29 is 14.7 Å². The van der Waals surface area contributed by atoms with E-state index in [9.17, 15) is 9.59 Å². The number of carbonyl (C=O) groups is 2. The Morgan fingerprint density at radius 3 is 3.00 bits per heavy atom. The fourth-order valence-corrected chi connectivity index (χ4v) is 2.71. The normalized spacial score (nSPS) is 19.8. The van der Waals surface area contributed by atoms with Crippen LogP contribution in [-0.4, -0.2) is 27.1 Å². The molecule has 0 fully saturated rings. The van der Waals surface area contributed by atoms with E-state index in [2.05, 4.69) is 20.6 Å². The van der Waals surface area contributed by atoms with Crippen LogP contribution in [0.3, 0.4) is 0 Å². The van der Waals surface area contributed by atoms with Crippen LogP contribution in [0.1, 0.15) is 25.1 Å². The molecule has 0 radical (unpaired) electrons. The highest BCUT2D eigenvalue weighted by molar-refractivity contribution is 5.97. The van der Waals surface area contributed by atoms with Crippen LogP contribution in [0.4, 0.5) is 10.5 Å². The second-order valence-corrected chi connectivity index (χ2v) is 5.83. The summed E-state index contributed by atoms with van der Waals surface area (Å²) in [7, 11) is 0. The standard InChI is InChI=1S/C18H18N4O3/c1-11-3-2-4-14(22-18(24)25)15-9-12(5-8-20-15)13-6-7-19-10-16(13)21-17(11)23/h2-3,5-11,14,22H,4H2,1H3,(H,21,23)(H,24,25)/t11-,14+/m1/s1. The first-order chi connectivity index (χ1) is 12.0. The van der Waals surface area contributed by atoms with Gasteiger partial charge in [-0.3, -0.25) is 14.8 Å². The summed E-state index contributed by atoms with van der Waals surface area (Å²) in [6.45, 7) is 1.78. The fraction of sp³-hybridized carbons (Fsp3) is 0.222. The maximum absolute atomic E-state index is 12.4. The molecule has 1 aliphatic heterocycles. The zero-order valence-electron chi connectivity index (χ0n) is 13.6. The van der Waals surface area contributed by atoms with Gasteiger partial charge in [-0.25, -0.2) is 4.79 Å². The second kappa shape index (κ2) is 7.12. The minimum atomic E-state index is -1.12. The third-order valence-corrected chi connectivity index (χ3v) is 4.04. The third kappa shape index (κ3) is 3.82. The smallest absolute Gasteiger partial charge is 0.405 e. The topological polar surface area (TPSA) is 104 Å².